The van der Waals surface area contributed by atoms with Gasteiger partial charge >= 0.3 is 12.3 Å². The molecule has 22 heavy (non-hydrogen) atoms. The molecule has 3 N–H and O–H groups in total. The fourth-order valence-corrected chi connectivity index (χ4v) is 1.83. The highest BCUT2D eigenvalue weighted by atomic mass is 19.4. The molecule has 124 valence electrons. The van der Waals surface area contributed by atoms with Crippen molar-refractivity contribution < 1.29 is 22.7 Å². The third-order valence-electron chi connectivity index (χ3n) is 2.74. The van der Waals surface area contributed by atoms with Gasteiger partial charge in [0, 0.05) is 12.6 Å². The first-order valence-electron chi connectivity index (χ1n) is 6.87. The number of alkyl halides is 3. The van der Waals surface area contributed by atoms with E-state index >= 15 is 0 Å². The summed E-state index contributed by atoms with van der Waals surface area (Å²) in [5, 5.41) is 2.56. The first-order chi connectivity index (χ1) is 10.0. The van der Waals surface area contributed by atoms with Gasteiger partial charge in [-0.2, -0.15) is 13.2 Å². The van der Waals surface area contributed by atoms with Crippen LogP contribution >= 0.6 is 0 Å². The zero-order valence-corrected chi connectivity index (χ0v) is 12.8. The summed E-state index contributed by atoms with van der Waals surface area (Å²) < 4.78 is 43.1. The number of halogens is 3. The van der Waals surface area contributed by atoms with Crippen molar-refractivity contribution >= 4 is 6.09 Å². The molecule has 1 aromatic rings. The average Bonchev–Trinajstić information content (AvgIpc) is 2.35. The van der Waals surface area contributed by atoms with Crippen LogP contribution in [0, 0.1) is 0 Å². The Balaban J connectivity index is 2.73. The molecule has 0 aliphatic heterocycles. The average molecular weight is 318 g/mol. The van der Waals surface area contributed by atoms with Gasteiger partial charge in [0.15, 0.2) is 0 Å². The van der Waals surface area contributed by atoms with Crippen molar-refractivity contribution in [2.75, 3.05) is 6.54 Å². The molecule has 0 aromatic heterocycles. The van der Waals surface area contributed by atoms with Crippen molar-refractivity contribution in [1.82, 2.24) is 5.32 Å². The monoisotopic (exact) mass is 318 g/mol. The number of amides is 1. The summed E-state index contributed by atoms with van der Waals surface area (Å²) in [6.07, 6.45) is -4.85. The van der Waals surface area contributed by atoms with Crippen LogP contribution in [0.25, 0.3) is 0 Å². The van der Waals surface area contributed by atoms with E-state index in [1.807, 2.05) is 0 Å². The first kappa shape index (κ1) is 18.3. The van der Waals surface area contributed by atoms with Crippen molar-refractivity contribution in [2.24, 2.45) is 5.73 Å². The second kappa shape index (κ2) is 7.00. The predicted octanol–water partition coefficient (Wildman–Crippen LogP) is 3.10. The molecule has 1 atom stereocenters. The third kappa shape index (κ3) is 6.34. The summed E-state index contributed by atoms with van der Waals surface area (Å²) in [5.74, 6) is 0. The number of nitrogens with two attached hydrogens (primary N) is 1. The number of benzene rings is 1. The van der Waals surface area contributed by atoms with Crippen molar-refractivity contribution in [3.63, 3.8) is 0 Å². The Kier molecular flexibility index (Phi) is 5.82. The predicted molar refractivity (Wildman–Crippen MR) is 77.4 cm³/mol. The van der Waals surface area contributed by atoms with E-state index in [-0.39, 0.29) is 13.0 Å². The first-order valence-corrected chi connectivity index (χ1v) is 6.87. The summed E-state index contributed by atoms with van der Waals surface area (Å²) in [5.41, 5.74) is 4.63. The van der Waals surface area contributed by atoms with E-state index in [1.54, 1.807) is 26.8 Å². The summed E-state index contributed by atoms with van der Waals surface area (Å²) in [7, 11) is 0. The van der Waals surface area contributed by atoms with Gasteiger partial charge in [-0.25, -0.2) is 4.79 Å². The minimum atomic E-state index is -4.40. The topological polar surface area (TPSA) is 64.3 Å². The number of ether oxygens (including phenoxy) is 1. The fraction of sp³-hybridized carbons (Fsp3) is 0.533. The number of rotatable bonds is 4. The van der Waals surface area contributed by atoms with Gasteiger partial charge in [-0.15, -0.1) is 0 Å². The van der Waals surface area contributed by atoms with Gasteiger partial charge in [0.1, 0.15) is 5.60 Å². The lowest BCUT2D eigenvalue weighted by atomic mass is 10.0. The maximum atomic E-state index is 12.7. The molecule has 1 aromatic carbocycles. The van der Waals surface area contributed by atoms with Gasteiger partial charge in [-0.3, -0.25) is 0 Å². The van der Waals surface area contributed by atoms with Crippen molar-refractivity contribution in [3.8, 4) is 0 Å². The van der Waals surface area contributed by atoms with Crippen LogP contribution in [-0.4, -0.2) is 24.3 Å². The van der Waals surface area contributed by atoms with E-state index < -0.39 is 29.5 Å². The second-order valence-corrected chi connectivity index (χ2v) is 5.98. The molecule has 0 fully saturated rings. The van der Waals surface area contributed by atoms with Crippen LogP contribution in [0.3, 0.4) is 0 Å². The van der Waals surface area contributed by atoms with Crippen LogP contribution < -0.4 is 11.1 Å². The minimum Gasteiger partial charge on any atom is -0.444 e. The molecular weight excluding hydrogens is 297 g/mol. The van der Waals surface area contributed by atoms with Crippen LogP contribution in [0.2, 0.25) is 0 Å². The van der Waals surface area contributed by atoms with Crippen LogP contribution in [0.15, 0.2) is 24.3 Å². The highest BCUT2D eigenvalue weighted by Crippen LogP contribution is 2.29. The Labute approximate surface area is 127 Å². The number of hydrogen-bond donors (Lipinski definition) is 2. The summed E-state index contributed by atoms with van der Waals surface area (Å²) >= 11 is 0. The Morgan fingerprint density at radius 1 is 1.32 bits per heavy atom. The molecule has 7 heteroatoms. The standard InChI is InChI=1S/C15H21F3N2O2/c1-14(2,3)22-13(21)20-12(9-19)8-10-5-4-6-11(7-10)15(16,17)18/h4-7,12H,8-9,19H2,1-3H3,(H,20,21). The molecular formula is C15H21F3N2O2. The van der Waals surface area contributed by atoms with Crippen molar-refractivity contribution in [1.29, 1.82) is 0 Å². The normalized spacial score (nSPS) is 13.6. The van der Waals surface area contributed by atoms with E-state index in [4.69, 9.17) is 10.5 Å². The highest BCUT2D eigenvalue weighted by Gasteiger charge is 2.30. The number of alkyl carbamates (subject to hydrolysis) is 1. The van der Waals surface area contributed by atoms with Crippen LogP contribution in [-0.2, 0) is 17.3 Å². The van der Waals surface area contributed by atoms with Crippen LogP contribution in [0.5, 0.6) is 0 Å². The minimum absolute atomic E-state index is 0.0927. The maximum absolute atomic E-state index is 12.7. The molecule has 1 rings (SSSR count). The van der Waals surface area contributed by atoms with E-state index in [2.05, 4.69) is 5.32 Å². The lowest BCUT2D eigenvalue weighted by molar-refractivity contribution is -0.137. The quantitative estimate of drug-likeness (QED) is 0.896. The molecule has 0 bridgehead atoms. The number of carbonyl (C=O) groups is 1. The van der Waals surface area contributed by atoms with Crippen LogP contribution in [0.4, 0.5) is 18.0 Å². The molecule has 1 unspecified atom stereocenters. The summed E-state index contributed by atoms with van der Waals surface area (Å²) in [4.78, 5) is 11.7. The van der Waals surface area contributed by atoms with Crippen LogP contribution in [0.1, 0.15) is 31.9 Å². The fourth-order valence-electron chi connectivity index (χ4n) is 1.83. The van der Waals surface area contributed by atoms with E-state index in [1.165, 1.54) is 6.07 Å². The largest absolute Gasteiger partial charge is 0.444 e. The summed E-state index contributed by atoms with van der Waals surface area (Å²) in [6.45, 7) is 5.25. The molecule has 0 heterocycles. The van der Waals surface area contributed by atoms with Crippen molar-refractivity contribution in [3.05, 3.63) is 35.4 Å². The lowest BCUT2D eigenvalue weighted by Crippen LogP contribution is -2.44. The zero-order valence-electron chi connectivity index (χ0n) is 12.8. The van der Waals surface area contributed by atoms with E-state index in [9.17, 15) is 18.0 Å². The molecule has 0 saturated heterocycles. The van der Waals surface area contributed by atoms with E-state index in [0.717, 1.165) is 12.1 Å². The lowest BCUT2D eigenvalue weighted by Gasteiger charge is -2.23. The Bertz CT molecular complexity index is 510. The molecule has 0 radical (unpaired) electrons. The smallest absolute Gasteiger partial charge is 0.416 e. The number of nitrogens with one attached hydrogen (secondary N) is 1. The number of hydrogen-bond acceptors (Lipinski definition) is 3. The molecule has 1 amide bonds. The van der Waals surface area contributed by atoms with Gasteiger partial charge in [0.2, 0.25) is 0 Å². The third-order valence-corrected chi connectivity index (χ3v) is 2.74. The molecule has 0 aliphatic carbocycles. The zero-order chi connectivity index (χ0) is 17.0. The molecule has 4 nitrogen and oxygen atoms in total. The highest BCUT2D eigenvalue weighted by molar-refractivity contribution is 5.68. The molecule has 0 saturated carbocycles. The van der Waals surface area contributed by atoms with Gasteiger partial charge < -0.3 is 15.8 Å². The van der Waals surface area contributed by atoms with Gasteiger partial charge in [0.25, 0.3) is 0 Å². The molecule has 0 spiro atoms. The summed E-state index contributed by atoms with van der Waals surface area (Å²) in [6, 6.07) is 4.45. The van der Waals surface area contributed by atoms with Gasteiger partial charge in [0.05, 0.1) is 5.56 Å². The molecule has 0 aliphatic rings. The van der Waals surface area contributed by atoms with Crippen molar-refractivity contribution in [2.45, 2.75) is 45.0 Å². The maximum Gasteiger partial charge on any atom is 0.416 e. The SMILES string of the molecule is CC(C)(C)OC(=O)NC(CN)Cc1cccc(C(F)(F)F)c1. The van der Waals surface area contributed by atoms with Gasteiger partial charge in [-0.05, 0) is 38.8 Å². The van der Waals surface area contributed by atoms with E-state index in [0.29, 0.717) is 5.56 Å². The van der Waals surface area contributed by atoms with Gasteiger partial charge in [-0.1, -0.05) is 18.2 Å². The Morgan fingerprint density at radius 3 is 2.45 bits per heavy atom. The Morgan fingerprint density at radius 2 is 1.95 bits per heavy atom. The number of carbonyl (C=O) groups excluding carboxylic acids is 1. The second-order valence-electron chi connectivity index (χ2n) is 5.98. The Hall–Kier alpha value is -1.76.